The molecule has 0 aliphatic heterocycles. The average molecular weight is 262 g/mol. The lowest BCUT2D eigenvalue weighted by molar-refractivity contribution is 1.22. The maximum atomic E-state index is 5.22. The van der Waals surface area contributed by atoms with Crippen molar-refractivity contribution >= 4 is 33.7 Å². The number of hydrogen-bond donors (Lipinski definition) is 2. The highest BCUT2D eigenvalue weighted by molar-refractivity contribution is 6.08. The molecule has 20 heavy (non-hydrogen) atoms. The molecule has 0 aliphatic rings. The summed E-state index contributed by atoms with van der Waals surface area (Å²) >= 11 is 0. The molecular weight excluding hydrogens is 248 g/mol. The summed E-state index contributed by atoms with van der Waals surface area (Å²) < 4.78 is 0. The minimum Gasteiger partial charge on any atom is -0.369 e. The van der Waals surface area contributed by atoms with E-state index in [9.17, 15) is 0 Å². The standard InChI is InChI=1S/C16H14N4/c17-16(18)20-19-10-11-5-8-15-13(9-11)7-6-12-3-1-2-4-14(12)15/h1-10H,(H4,17,18,20)/b19-10+. The SMILES string of the molecule is NC(N)=N/N=C/c1ccc2c(ccc3ccccc32)c1. The first-order valence-electron chi connectivity index (χ1n) is 6.27. The van der Waals surface area contributed by atoms with E-state index in [0.29, 0.717) is 0 Å². The summed E-state index contributed by atoms with van der Waals surface area (Å²) in [6, 6.07) is 18.7. The van der Waals surface area contributed by atoms with Crippen molar-refractivity contribution in [2.45, 2.75) is 0 Å². The van der Waals surface area contributed by atoms with Crippen LogP contribution in [0.25, 0.3) is 21.5 Å². The Balaban J connectivity index is 2.11. The van der Waals surface area contributed by atoms with Gasteiger partial charge in [0.1, 0.15) is 0 Å². The maximum absolute atomic E-state index is 5.22. The van der Waals surface area contributed by atoms with Crippen LogP contribution in [0.4, 0.5) is 0 Å². The van der Waals surface area contributed by atoms with Crippen molar-refractivity contribution in [3.8, 4) is 0 Å². The molecule has 3 rings (SSSR count). The Morgan fingerprint density at radius 1 is 0.850 bits per heavy atom. The molecule has 0 heterocycles. The van der Waals surface area contributed by atoms with Crippen molar-refractivity contribution < 1.29 is 0 Å². The average Bonchev–Trinajstić information content (AvgIpc) is 2.46. The van der Waals surface area contributed by atoms with Crippen molar-refractivity contribution in [2.75, 3.05) is 0 Å². The molecule has 0 bridgehead atoms. The third kappa shape index (κ3) is 2.31. The maximum Gasteiger partial charge on any atom is 0.211 e. The van der Waals surface area contributed by atoms with Gasteiger partial charge in [0.05, 0.1) is 6.21 Å². The molecule has 0 fully saturated rings. The summed E-state index contributed by atoms with van der Waals surface area (Å²) in [5, 5.41) is 12.3. The van der Waals surface area contributed by atoms with E-state index in [1.807, 2.05) is 12.1 Å². The van der Waals surface area contributed by atoms with E-state index in [-0.39, 0.29) is 5.96 Å². The lowest BCUT2D eigenvalue weighted by Gasteiger charge is -2.04. The molecule has 0 saturated heterocycles. The summed E-state index contributed by atoms with van der Waals surface area (Å²) in [7, 11) is 0. The molecule has 0 spiro atoms. The Morgan fingerprint density at radius 3 is 2.45 bits per heavy atom. The first-order chi connectivity index (χ1) is 9.74. The molecule has 0 atom stereocenters. The van der Waals surface area contributed by atoms with Crippen LogP contribution in [-0.2, 0) is 0 Å². The zero-order valence-electron chi connectivity index (χ0n) is 10.8. The molecule has 4 nitrogen and oxygen atoms in total. The Labute approximate surface area is 116 Å². The summed E-state index contributed by atoms with van der Waals surface area (Å²) in [6.45, 7) is 0. The first-order valence-corrected chi connectivity index (χ1v) is 6.27. The fourth-order valence-electron chi connectivity index (χ4n) is 2.27. The van der Waals surface area contributed by atoms with Crippen molar-refractivity contribution in [1.82, 2.24) is 0 Å². The lowest BCUT2D eigenvalue weighted by Crippen LogP contribution is -2.21. The highest BCUT2D eigenvalue weighted by Crippen LogP contribution is 2.25. The van der Waals surface area contributed by atoms with Gasteiger partial charge in [0, 0.05) is 0 Å². The lowest BCUT2D eigenvalue weighted by atomic mass is 10.0. The highest BCUT2D eigenvalue weighted by atomic mass is 15.3. The molecule has 0 unspecified atom stereocenters. The number of guanidine groups is 1. The fraction of sp³-hybridized carbons (Fsp3) is 0. The first kappa shape index (κ1) is 12.2. The van der Waals surface area contributed by atoms with Crippen LogP contribution in [0.15, 0.2) is 64.8 Å². The largest absolute Gasteiger partial charge is 0.369 e. The predicted molar refractivity (Wildman–Crippen MR) is 84.9 cm³/mol. The van der Waals surface area contributed by atoms with Gasteiger partial charge in [-0.1, -0.05) is 48.5 Å². The van der Waals surface area contributed by atoms with Crippen LogP contribution in [0.5, 0.6) is 0 Å². The number of rotatable bonds is 2. The summed E-state index contributed by atoms with van der Waals surface area (Å²) in [6.07, 6.45) is 1.63. The van der Waals surface area contributed by atoms with Gasteiger partial charge >= 0.3 is 0 Å². The van der Waals surface area contributed by atoms with Crippen LogP contribution < -0.4 is 11.5 Å². The van der Waals surface area contributed by atoms with Crippen molar-refractivity contribution in [3.05, 3.63) is 60.2 Å². The van der Waals surface area contributed by atoms with E-state index in [2.05, 4.69) is 52.7 Å². The normalized spacial score (nSPS) is 11.2. The van der Waals surface area contributed by atoms with Crippen LogP contribution in [0.3, 0.4) is 0 Å². The van der Waals surface area contributed by atoms with Crippen molar-refractivity contribution in [3.63, 3.8) is 0 Å². The smallest absolute Gasteiger partial charge is 0.211 e. The summed E-state index contributed by atoms with van der Waals surface area (Å²) in [5.74, 6) is -0.0481. The number of hydrogen-bond acceptors (Lipinski definition) is 2. The molecular formula is C16H14N4. The van der Waals surface area contributed by atoms with Gasteiger partial charge in [-0.05, 0) is 33.2 Å². The third-order valence-corrected chi connectivity index (χ3v) is 3.15. The van der Waals surface area contributed by atoms with Gasteiger partial charge in [-0.3, -0.25) is 0 Å². The topological polar surface area (TPSA) is 76.8 Å². The van der Waals surface area contributed by atoms with Crippen molar-refractivity contribution in [2.24, 2.45) is 21.7 Å². The van der Waals surface area contributed by atoms with Crippen LogP contribution in [0, 0.1) is 0 Å². The summed E-state index contributed by atoms with van der Waals surface area (Å²) in [4.78, 5) is 0. The van der Waals surface area contributed by atoms with Gasteiger partial charge in [-0.15, -0.1) is 5.10 Å². The quantitative estimate of drug-likeness (QED) is 0.322. The number of benzene rings is 3. The molecule has 98 valence electrons. The molecule has 3 aromatic rings. The predicted octanol–water partition coefficient (Wildman–Crippen LogP) is 2.60. The zero-order valence-corrected chi connectivity index (χ0v) is 10.8. The molecule has 0 radical (unpaired) electrons. The van der Waals surface area contributed by atoms with Gasteiger partial charge in [0.15, 0.2) is 0 Å². The number of nitrogens with zero attached hydrogens (tertiary/aromatic N) is 2. The van der Waals surface area contributed by atoms with Gasteiger partial charge < -0.3 is 11.5 Å². The highest BCUT2D eigenvalue weighted by Gasteiger charge is 2.00. The Bertz CT molecular complexity index is 830. The molecule has 4 N–H and O–H groups in total. The second kappa shape index (κ2) is 5.01. The molecule has 0 aliphatic carbocycles. The second-order valence-corrected chi connectivity index (χ2v) is 4.54. The van der Waals surface area contributed by atoms with Gasteiger partial charge in [-0.25, -0.2) is 0 Å². The molecule has 0 amide bonds. The number of nitrogens with two attached hydrogens (primary N) is 2. The Hall–Kier alpha value is -2.88. The van der Waals surface area contributed by atoms with Crippen LogP contribution in [0.2, 0.25) is 0 Å². The molecule has 4 heteroatoms. The van der Waals surface area contributed by atoms with Crippen LogP contribution >= 0.6 is 0 Å². The molecule has 3 aromatic carbocycles. The van der Waals surface area contributed by atoms with Crippen LogP contribution in [0.1, 0.15) is 5.56 Å². The summed E-state index contributed by atoms with van der Waals surface area (Å²) in [5.41, 5.74) is 11.4. The monoisotopic (exact) mass is 262 g/mol. The third-order valence-electron chi connectivity index (χ3n) is 3.15. The van der Waals surface area contributed by atoms with E-state index >= 15 is 0 Å². The van der Waals surface area contributed by atoms with Crippen molar-refractivity contribution in [1.29, 1.82) is 0 Å². The van der Waals surface area contributed by atoms with Gasteiger partial charge in [0.25, 0.3) is 0 Å². The molecule has 0 saturated carbocycles. The fourth-order valence-corrected chi connectivity index (χ4v) is 2.27. The van der Waals surface area contributed by atoms with E-state index in [0.717, 1.165) is 10.9 Å². The zero-order chi connectivity index (χ0) is 13.9. The minimum atomic E-state index is -0.0481. The minimum absolute atomic E-state index is 0.0481. The van der Waals surface area contributed by atoms with E-state index in [1.165, 1.54) is 16.2 Å². The number of fused-ring (bicyclic) bond motifs is 3. The van der Waals surface area contributed by atoms with Crippen LogP contribution in [-0.4, -0.2) is 12.2 Å². The van der Waals surface area contributed by atoms with E-state index in [1.54, 1.807) is 6.21 Å². The van der Waals surface area contributed by atoms with Gasteiger partial charge in [-0.2, -0.15) is 5.10 Å². The van der Waals surface area contributed by atoms with E-state index < -0.39 is 0 Å². The second-order valence-electron chi connectivity index (χ2n) is 4.54. The molecule has 0 aromatic heterocycles. The Kier molecular flexibility index (Phi) is 3.05. The van der Waals surface area contributed by atoms with Gasteiger partial charge in [0.2, 0.25) is 5.96 Å². The van der Waals surface area contributed by atoms with E-state index in [4.69, 9.17) is 11.5 Å². The Morgan fingerprint density at radius 2 is 1.60 bits per heavy atom.